The number of carbonyl (C=O) groups excluding carboxylic acids is 2. The summed E-state index contributed by atoms with van der Waals surface area (Å²) in [5.74, 6) is -1.73. The molecule has 1 rings (SSSR count). The Morgan fingerprint density at radius 1 is 1.39 bits per heavy atom. The fraction of sp³-hybridized carbons (Fsp3) is 0.333. The SMILES string of the molecule is Cc1ccc(O)c(NC(=O)C(=O)N(C)CCO)c1. The maximum absolute atomic E-state index is 11.6. The number of aryl methyl sites for hydroxylation is 1. The Bertz CT molecular complexity index is 459. The van der Waals surface area contributed by atoms with E-state index >= 15 is 0 Å². The van der Waals surface area contributed by atoms with Crippen molar-refractivity contribution in [2.24, 2.45) is 0 Å². The zero-order valence-electron chi connectivity index (χ0n) is 10.3. The summed E-state index contributed by atoms with van der Waals surface area (Å²) in [5.41, 5.74) is 1.03. The van der Waals surface area contributed by atoms with Crippen LogP contribution in [0.5, 0.6) is 5.75 Å². The Morgan fingerprint density at radius 2 is 2.06 bits per heavy atom. The summed E-state index contributed by atoms with van der Waals surface area (Å²) in [5, 5.41) is 20.5. The van der Waals surface area contributed by atoms with Gasteiger partial charge in [0.05, 0.1) is 12.3 Å². The van der Waals surface area contributed by atoms with Crippen molar-refractivity contribution in [1.82, 2.24) is 4.90 Å². The molecule has 6 heteroatoms. The lowest BCUT2D eigenvalue weighted by atomic mass is 10.2. The molecule has 0 radical (unpaired) electrons. The number of aliphatic hydroxyl groups is 1. The maximum Gasteiger partial charge on any atom is 0.313 e. The third kappa shape index (κ3) is 3.46. The molecule has 98 valence electrons. The molecular formula is C12H16N2O4. The first-order valence-electron chi connectivity index (χ1n) is 5.42. The normalized spacial score (nSPS) is 9.94. The molecule has 0 fully saturated rings. The van der Waals surface area contributed by atoms with Gasteiger partial charge in [-0.25, -0.2) is 0 Å². The van der Waals surface area contributed by atoms with Crippen LogP contribution in [-0.4, -0.2) is 47.1 Å². The van der Waals surface area contributed by atoms with Crippen LogP contribution in [0.15, 0.2) is 18.2 Å². The second-order valence-electron chi connectivity index (χ2n) is 3.93. The van der Waals surface area contributed by atoms with E-state index in [1.165, 1.54) is 13.1 Å². The summed E-state index contributed by atoms with van der Waals surface area (Å²) < 4.78 is 0. The summed E-state index contributed by atoms with van der Waals surface area (Å²) in [4.78, 5) is 24.3. The molecule has 3 N–H and O–H groups in total. The van der Waals surface area contributed by atoms with Crippen LogP contribution in [0, 0.1) is 6.92 Å². The molecule has 0 bridgehead atoms. The number of aliphatic hydroxyl groups excluding tert-OH is 1. The number of aromatic hydroxyl groups is 1. The van der Waals surface area contributed by atoms with Crippen LogP contribution in [0.25, 0.3) is 0 Å². The first kappa shape index (κ1) is 14.0. The van der Waals surface area contributed by atoms with Crippen LogP contribution < -0.4 is 5.32 Å². The van der Waals surface area contributed by atoms with E-state index in [2.05, 4.69) is 5.32 Å². The number of phenolic OH excluding ortho intramolecular Hbond substituents is 1. The molecule has 0 aromatic heterocycles. The average Bonchev–Trinajstić information content (AvgIpc) is 2.33. The van der Waals surface area contributed by atoms with E-state index in [0.717, 1.165) is 10.5 Å². The number of carbonyl (C=O) groups is 2. The molecule has 0 aliphatic heterocycles. The molecular weight excluding hydrogens is 236 g/mol. The minimum atomic E-state index is -0.855. The first-order chi connectivity index (χ1) is 8.45. The number of amides is 2. The Kier molecular flexibility index (Phi) is 4.67. The molecule has 6 nitrogen and oxygen atoms in total. The summed E-state index contributed by atoms with van der Waals surface area (Å²) >= 11 is 0. The van der Waals surface area contributed by atoms with Gasteiger partial charge in [0.1, 0.15) is 5.75 Å². The highest BCUT2D eigenvalue weighted by Gasteiger charge is 2.19. The van der Waals surface area contributed by atoms with E-state index in [0.29, 0.717) is 0 Å². The largest absolute Gasteiger partial charge is 0.506 e. The van der Waals surface area contributed by atoms with Gasteiger partial charge in [0.2, 0.25) is 0 Å². The monoisotopic (exact) mass is 252 g/mol. The summed E-state index contributed by atoms with van der Waals surface area (Å²) in [7, 11) is 1.41. The molecule has 18 heavy (non-hydrogen) atoms. The highest BCUT2D eigenvalue weighted by Crippen LogP contribution is 2.23. The van der Waals surface area contributed by atoms with Gasteiger partial charge in [-0.05, 0) is 24.6 Å². The molecule has 0 aliphatic rings. The molecule has 0 saturated heterocycles. The molecule has 2 amide bonds. The van der Waals surface area contributed by atoms with E-state index < -0.39 is 11.8 Å². The van der Waals surface area contributed by atoms with Crippen LogP contribution >= 0.6 is 0 Å². The number of phenols is 1. The number of benzene rings is 1. The van der Waals surface area contributed by atoms with Crippen molar-refractivity contribution in [3.63, 3.8) is 0 Å². The van der Waals surface area contributed by atoms with Crippen molar-refractivity contribution in [2.45, 2.75) is 6.92 Å². The standard InChI is InChI=1S/C12H16N2O4/c1-8-3-4-10(16)9(7-8)13-11(17)12(18)14(2)5-6-15/h3-4,7,15-16H,5-6H2,1-2H3,(H,13,17). The lowest BCUT2D eigenvalue weighted by Gasteiger charge is -2.15. The molecule has 0 atom stereocenters. The molecule has 1 aromatic carbocycles. The van der Waals surface area contributed by atoms with E-state index in [4.69, 9.17) is 5.11 Å². The number of hydrogen-bond donors (Lipinski definition) is 3. The third-order valence-corrected chi connectivity index (χ3v) is 2.38. The van der Waals surface area contributed by atoms with Gasteiger partial charge in [-0.15, -0.1) is 0 Å². The van der Waals surface area contributed by atoms with Crippen molar-refractivity contribution in [3.05, 3.63) is 23.8 Å². The van der Waals surface area contributed by atoms with Gasteiger partial charge >= 0.3 is 11.8 Å². The van der Waals surface area contributed by atoms with E-state index in [1.54, 1.807) is 19.1 Å². The highest BCUT2D eigenvalue weighted by molar-refractivity contribution is 6.39. The lowest BCUT2D eigenvalue weighted by molar-refractivity contribution is -0.142. The van der Waals surface area contributed by atoms with Crippen molar-refractivity contribution in [2.75, 3.05) is 25.5 Å². The Labute approximate surface area is 105 Å². The van der Waals surface area contributed by atoms with Crippen molar-refractivity contribution in [1.29, 1.82) is 0 Å². The van der Waals surface area contributed by atoms with E-state index in [-0.39, 0.29) is 24.6 Å². The van der Waals surface area contributed by atoms with Gasteiger partial charge < -0.3 is 20.4 Å². The van der Waals surface area contributed by atoms with Crippen molar-refractivity contribution >= 4 is 17.5 Å². The number of nitrogens with zero attached hydrogens (tertiary/aromatic N) is 1. The first-order valence-corrected chi connectivity index (χ1v) is 5.42. The predicted molar refractivity (Wildman–Crippen MR) is 66.2 cm³/mol. The van der Waals surface area contributed by atoms with Gasteiger partial charge in [-0.2, -0.15) is 0 Å². The molecule has 0 saturated carbocycles. The molecule has 0 heterocycles. The van der Waals surface area contributed by atoms with Gasteiger partial charge in [0.25, 0.3) is 0 Å². The molecule has 0 unspecified atom stereocenters. The second kappa shape index (κ2) is 6.02. The van der Waals surface area contributed by atoms with Crippen LogP contribution in [-0.2, 0) is 9.59 Å². The number of hydrogen-bond acceptors (Lipinski definition) is 4. The summed E-state index contributed by atoms with van der Waals surface area (Å²) in [6, 6.07) is 4.68. The van der Waals surface area contributed by atoms with Crippen LogP contribution in [0.4, 0.5) is 5.69 Å². The van der Waals surface area contributed by atoms with Gasteiger partial charge in [0.15, 0.2) is 0 Å². The molecule has 0 aliphatic carbocycles. The minimum Gasteiger partial charge on any atom is -0.506 e. The van der Waals surface area contributed by atoms with Crippen molar-refractivity contribution < 1.29 is 19.8 Å². The van der Waals surface area contributed by atoms with Gasteiger partial charge in [0, 0.05) is 13.6 Å². The van der Waals surface area contributed by atoms with Gasteiger partial charge in [-0.3, -0.25) is 9.59 Å². The zero-order valence-corrected chi connectivity index (χ0v) is 10.3. The zero-order chi connectivity index (χ0) is 13.7. The fourth-order valence-corrected chi connectivity index (χ4v) is 1.35. The molecule has 1 aromatic rings. The van der Waals surface area contributed by atoms with E-state index in [9.17, 15) is 14.7 Å². The molecule has 0 spiro atoms. The summed E-state index contributed by atoms with van der Waals surface area (Å²) in [6.07, 6.45) is 0. The topological polar surface area (TPSA) is 89.9 Å². The minimum absolute atomic E-state index is 0.0754. The fourth-order valence-electron chi connectivity index (χ4n) is 1.35. The smallest absolute Gasteiger partial charge is 0.313 e. The predicted octanol–water partition coefficient (Wildman–Crippen LogP) is 0.0898. The Hall–Kier alpha value is -2.08. The maximum atomic E-state index is 11.6. The number of likely N-dealkylation sites (N-methyl/N-ethyl adjacent to an activating group) is 1. The second-order valence-corrected chi connectivity index (χ2v) is 3.93. The lowest BCUT2D eigenvalue weighted by Crippen LogP contribution is -2.38. The average molecular weight is 252 g/mol. The third-order valence-electron chi connectivity index (χ3n) is 2.38. The van der Waals surface area contributed by atoms with Crippen LogP contribution in [0.3, 0.4) is 0 Å². The van der Waals surface area contributed by atoms with Crippen LogP contribution in [0.1, 0.15) is 5.56 Å². The highest BCUT2D eigenvalue weighted by atomic mass is 16.3. The Balaban J connectivity index is 2.75. The number of anilines is 1. The van der Waals surface area contributed by atoms with E-state index in [1.807, 2.05) is 0 Å². The number of rotatable bonds is 3. The number of nitrogens with one attached hydrogen (secondary N) is 1. The Morgan fingerprint density at radius 3 is 2.67 bits per heavy atom. The van der Waals surface area contributed by atoms with Crippen molar-refractivity contribution in [3.8, 4) is 5.75 Å². The quantitative estimate of drug-likeness (QED) is 0.525. The summed E-state index contributed by atoms with van der Waals surface area (Å²) in [6.45, 7) is 1.66. The van der Waals surface area contributed by atoms with Gasteiger partial charge in [-0.1, -0.05) is 6.07 Å². The van der Waals surface area contributed by atoms with Crippen LogP contribution in [0.2, 0.25) is 0 Å².